The SMILES string of the molecule is CN(CC(=O)N[C@@H]1CCCc2ccccc21)S(=O)(=O)c1ccc2c(c1)c(=O)n(C)c(=O)n2C. The van der Waals surface area contributed by atoms with Gasteiger partial charge in [0.25, 0.3) is 5.56 Å². The van der Waals surface area contributed by atoms with Crippen molar-refractivity contribution >= 4 is 26.8 Å². The van der Waals surface area contributed by atoms with Gasteiger partial charge in [0.05, 0.1) is 28.4 Å². The third kappa shape index (κ3) is 4.11. The van der Waals surface area contributed by atoms with E-state index < -0.39 is 27.2 Å². The summed E-state index contributed by atoms with van der Waals surface area (Å²) in [6.45, 7) is -0.357. The van der Waals surface area contributed by atoms with Gasteiger partial charge in [0.1, 0.15) is 0 Å². The highest BCUT2D eigenvalue weighted by Crippen LogP contribution is 2.29. The van der Waals surface area contributed by atoms with Crippen LogP contribution >= 0.6 is 0 Å². The maximum absolute atomic E-state index is 13.1. The van der Waals surface area contributed by atoms with Crippen LogP contribution in [0.3, 0.4) is 0 Å². The number of sulfonamides is 1. The first kappa shape index (κ1) is 22.9. The largest absolute Gasteiger partial charge is 0.348 e. The van der Waals surface area contributed by atoms with Crippen molar-refractivity contribution in [3.63, 3.8) is 0 Å². The minimum Gasteiger partial charge on any atom is -0.348 e. The van der Waals surface area contributed by atoms with Gasteiger partial charge < -0.3 is 5.32 Å². The van der Waals surface area contributed by atoms with E-state index in [1.54, 1.807) is 0 Å². The topological polar surface area (TPSA) is 110 Å². The predicted molar refractivity (Wildman–Crippen MR) is 125 cm³/mol. The van der Waals surface area contributed by atoms with Gasteiger partial charge in [-0.3, -0.25) is 18.7 Å². The van der Waals surface area contributed by atoms with Crippen molar-refractivity contribution in [1.29, 1.82) is 0 Å². The zero-order valence-corrected chi connectivity index (χ0v) is 19.6. The zero-order valence-electron chi connectivity index (χ0n) is 18.7. The first-order valence-electron chi connectivity index (χ1n) is 10.6. The van der Waals surface area contributed by atoms with Crippen molar-refractivity contribution in [2.24, 2.45) is 14.1 Å². The first-order chi connectivity index (χ1) is 15.6. The highest BCUT2D eigenvalue weighted by molar-refractivity contribution is 7.89. The number of nitrogens with zero attached hydrogens (tertiary/aromatic N) is 3. The van der Waals surface area contributed by atoms with Crippen LogP contribution in [0, 0.1) is 0 Å². The molecule has 0 radical (unpaired) electrons. The molecule has 33 heavy (non-hydrogen) atoms. The average Bonchev–Trinajstić information content (AvgIpc) is 2.81. The predicted octanol–water partition coefficient (Wildman–Crippen LogP) is 1.05. The molecular weight excluding hydrogens is 444 g/mol. The van der Waals surface area contributed by atoms with Crippen LogP contribution in [0.4, 0.5) is 0 Å². The van der Waals surface area contributed by atoms with Crippen LogP contribution in [0.15, 0.2) is 56.9 Å². The van der Waals surface area contributed by atoms with Crippen LogP contribution in [-0.2, 0) is 35.3 Å². The molecule has 0 unspecified atom stereocenters. The molecule has 1 N–H and O–H groups in total. The number of carbonyl (C=O) groups excluding carboxylic acids is 1. The van der Waals surface area contributed by atoms with Gasteiger partial charge in [-0.05, 0) is 48.6 Å². The molecule has 1 aliphatic rings. The van der Waals surface area contributed by atoms with Crippen LogP contribution in [0.25, 0.3) is 10.9 Å². The molecule has 0 bridgehead atoms. The molecule has 174 valence electrons. The van der Waals surface area contributed by atoms with Gasteiger partial charge in [0.15, 0.2) is 0 Å². The van der Waals surface area contributed by atoms with E-state index in [0.29, 0.717) is 5.52 Å². The van der Waals surface area contributed by atoms with E-state index in [0.717, 1.165) is 33.7 Å². The molecular formula is C23H26N4O5S. The summed E-state index contributed by atoms with van der Waals surface area (Å²) in [5, 5.41) is 3.06. The monoisotopic (exact) mass is 470 g/mol. The van der Waals surface area contributed by atoms with Crippen LogP contribution in [0.2, 0.25) is 0 Å². The highest BCUT2D eigenvalue weighted by atomic mass is 32.2. The number of hydrogen-bond acceptors (Lipinski definition) is 5. The second-order valence-corrected chi connectivity index (χ2v) is 10.4. The Morgan fingerprint density at radius 2 is 1.85 bits per heavy atom. The Hall–Kier alpha value is -3.24. The van der Waals surface area contributed by atoms with E-state index in [1.807, 2.05) is 24.3 Å². The fourth-order valence-electron chi connectivity index (χ4n) is 4.35. The number of carbonyl (C=O) groups is 1. The number of aromatic nitrogens is 2. The summed E-state index contributed by atoms with van der Waals surface area (Å²) in [5.74, 6) is -0.401. The second kappa shape index (κ2) is 8.60. The van der Waals surface area contributed by atoms with Gasteiger partial charge in [-0.25, -0.2) is 13.2 Å². The van der Waals surface area contributed by atoms with Gasteiger partial charge in [0.2, 0.25) is 15.9 Å². The molecule has 0 aliphatic heterocycles. The van der Waals surface area contributed by atoms with Gasteiger partial charge in [-0.2, -0.15) is 4.31 Å². The summed E-state index contributed by atoms with van der Waals surface area (Å²) >= 11 is 0. The number of aryl methyl sites for hydroxylation is 2. The zero-order chi connectivity index (χ0) is 23.9. The average molecular weight is 471 g/mol. The lowest BCUT2D eigenvalue weighted by Gasteiger charge is -2.27. The Labute approximate surface area is 191 Å². The normalized spacial score (nSPS) is 16.1. The molecule has 1 aliphatic carbocycles. The van der Waals surface area contributed by atoms with Gasteiger partial charge in [-0.1, -0.05) is 24.3 Å². The summed E-state index contributed by atoms with van der Waals surface area (Å²) in [6.07, 6.45) is 2.71. The Bertz CT molecular complexity index is 1470. The number of benzene rings is 2. The van der Waals surface area contributed by atoms with Crippen molar-refractivity contribution in [3.05, 3.63) is 74.4 Å². The van der Waals surface area contributed by atoms with Crippen LogP contribution < -0.4 is 16.6 Å². The third-order valence-corrected chi connectivity index (χ3v) is 8.02. The third-order valence-electron chi connectivity index (χ3n) is 6.22. The number of rotatable bonds is 5. The Balaban J connectivity index is 1.57. The molecule has 10 heteroatoms. The Morgan fingerprint density at radius 3 is 2.61 bits per heavy atom. The highest BCUT2D eigenvalue weighted by Gasteiger charge is 2.26. The standard InChI is InChI=1S/C23H26N4O5S/c1-25(14-21(28)24-19-10-6-8-15-7-4-5-9-17(15)19)33(31,32)16-11-12-20-18(13-16)22(29)27(3)23(30)26(20)2/h4-5,7,9,11-13,19H,6,8,10,14H2,1-3H3,(H,24,28)/t19-/m1/s1. The molecule has 1 heterocycles. The Kier molecular flexibility index (Phi) is 5.98. The van der Waals surface area contributed by atoms with E-state index in [2.05, 4.69) is 5.32 Å². The molecule has 1 amide bonds. The number of amides is 1. The van der Waals surface area contributed by atoms with Crippen LogP contribution in [-0.4, -0.2) is 41.4 Å². The number of hydrogen-bond donors (Lipinski definition) is 1. The van der Waals surface area contributed by atoms with Crippen molar-refractivity contribution in [3.8, 4) is 0 Å². The molecule has 9 nitrogen and oxygen atoms in total. The maximum atomic E-state index is 13.1. The molecule has 3 aromatic rings. The smallest absolute Gasteiger partial charge is 0.330 e. The number of fused-ring (bicyclic) bond motifs is 2. The maximum Gasteiger partial charge on any atom is 0.330 e. The van der Waals surface area contributed by atoms with Gasteiger partial charge >= 0.3 is 5.69 Å². The molecule has 1 atom stereocenters. The van der Waals surface area contributed by atoms with Crippen molar-refractivity contribution in [2.45, 2.75) is 30.2 Å². The van der Waals surface area contributed by atoms with E-state index in [1.165, 1.54) is 49.5 Å². The quantitative estimate of drug-likeness (QED) is 0.599. The Morgan fingerprint density at radius 1 is 1.12 bits per heavy atom. The van der Waals surface area contributed by atoms with Crippen molar-refractivity contribution in [1.82, 2.24) is 18.8 Å². The van der Waals surface area contributed by atoms with Gasteiger partial charge in [-0.15, -0.1) is 0 Å². The summed E-state index contributed by atoms with van der Waals surface area (Å²) in [7, 11) is 0.134. The molecule has 1 aromatic heterocycles. The molecule has 2 aromatic carbocycles. The van der Waals surface area contributed by atoms with E-state index in [-0.39, 0.29) is 22.9 Å². The van der Waals surface area contributed by atoms with E-state index in [9.17, 15) is 22.8 Å². The van der Waals surface area contributed by atoms with E-state index in [4.69, 9.17) is 0 Å². The molecule has 0 spiro atoms. The summed E-state index contributed by atoms with van der Waals surface area (Å²) in [4.78, 5) is 37.2. The summed E-state index contributed by atoms with van der Waals surface area (Å²) < 4.78 is 29.4. The van der Waals surface area contributed by atoms with Crippen molar-refractivity contribution in [2.75, 3.05) is 13.6 Å². The number of likely N-dealkylation sites (N-methyl/N-ethyl adjacent to an activating group) is 1. The lowest BCUT2D eigenvalue weighted by atomic mass is 9.88. The molecule has 4 rings (SSSR count). The molecule has 0 fully saturated rings. The minimum atomic E-state index is -4.04. The lowest BCUT2D eigenvalue weighted by Crippen LogP contribution is -2.40. The molecule has 0 saturated heterocycles. The minimum absolute atomic E-state index is 0.109. The fourth-order valence-corrected chi connectivity index (χ4v) is 5.50. The fraction of sp³-hybridized carbons (Fsp3) is 0.348. The first-order valence-corrected chi connectivity index (χ1v) is 12.1. The summed E-state index contributed by atoms with van der Waals surface area (Å²) in [6, 6.07) is 11.8. The number of nitrogens with one attached hydrogen (secondary N) is 1. The lowest BCUT2D eigenvalue weighted by molar-refractivity contribution is -0.122. The van der Waals surface area contributed by atoms with E-state index >= 15 is 0 Å². The van der Waals surface area contributed by atoms with Crippen LogP contribution in [0.1, 0.15) is 30.0 Å². The van der Waals surface area contributed by atoms with Crippen molar-refractivity contribution < 1.29 is 13.2 Å². The molecule has 0 saturated carbocycles. The van der Waals surface area contributed by atoms with Gasteiger partial charge in [0, 0.05) is 21.1 Å². The summed E-state index contributed by atoms with van der Waals surface area (Å²) in [5.41, 5.74) is 1.52. The van der Waals surface area contributed by atoms with Crippen LogP contribution in [0.5, 0.6) is 0 Å². The second-order valence-electron chi connectivity index (χ2n) is 8.36.